The molecule has 0 saturated heterocycles. The van der Waals surface area contributed by atoms with E-state index in [1.807, 2.05) is 0 Å². The van der Waals surface area contributed by atoms with Crippen LogP contribution < -0.4 is 5.09 Å². The van der Waals surface area contributed by atoms with Crippen molar-refractivity contribution in [2.24, 2.45) is 0 Å². The molecule has 7 heavy (non-hydrogen) atoms. The van der Waals surface area contributed by atoms with Crippen LogP contribution in [0.1, 0.15) is 0 Å². The SMILES string of the molecule is N#CCNP(O)O. The minimum absolute atomic E-state index is 0.0152. The summed E-state index contributed by atoms with van der Waals surface area (Å²) in [4.78, 5) is 16.1. The van der Waals surface area contributed by atoms with E-state index < -0.39 is 8.53 Å². The van der Waals surface area contributed by atoms with Crippen LogP contribution >= 0.6 is 8.53 Å². The van der Waals surface area contributed by atoms with Crippen LogP contribution in [0, 0.1) is 11.3 Å². The Balaban J connectivity index is 2.86. The molecule has 0 saturated carbocycles. The lowest BCUT2D eigenvalue weighted by Gasteiger charge is -1.95. The molecule has 0 bridgehead atoms. The summed E-state index contributed by atoms with van der Waals surface area (Å²) in [5, 5.41) is 9.90. The van der Waals surface area contributed by atoms with Crippen LogP contribution in [-0.2, 0) is 0 Å². The Morgan fingerprint density at radius 1 is 1.71 bits per heavy atom. The summed E-state index contributed by atoms with van der Waals surface area (Å²) >= 11 is 0. The summed E-state index contributed by atoms with van der Waals surface area (Å²) in [7, 11) is -2.08. The van der Waals surface area contributed by atoms with E-state index in [0.29, 0.717) is 0 Å². The van der Waals surface area contributed by atoms with Gasteiger partial charge in [0.1, 0.15) is 0 Å². The molecule has 40 valence electrons. The third-order valence-electron chi connectivity index (χ3n) is 0.300. The quantitative estimate of drug-likeness (QED) is 0.333. The number of hydrogen-bond donors (Lipinski definition) is 3. The zero-order valence-corrected chi connectivity index (χ0v) is 4.39. The van der Waals surface area contributed by atoms with E-state index in [9.17, 15) is 0 Å². The van der Waals surface area contributed by atoms with Gasteiger partial charge < -0.3 is 9.79 Å². The Hall–Kier alpha value is -0.200. The summed E-state index contributed by atoms with van der Waals surface area (Å²) < 4.78 is 0. The van der Waals surface area contributed by atoms with Crippen molar-refractivity contribution in [3.8, 4) is 6.07 Å². The van der Waals surface area contributed by atoms with E-state index in [1.165, 1.54) is 0 Å². The predicted octanol–water partition coefficient (Wildman–Crippen LogP) is -0.689. The van der Waals surface area contributed by atoms with Crippen LogP contribution in [-0.4, -0.2) is 16.3 Å². The molecular formula is C2H5N2O2P. The Morgan fingerprint density at radius 2 is 2.29 bits per heavy atom. The van der Waals surface area contributed by atoms with Crippen molar-refractivity contribution in [2.75, 3.05) is 6.54 Å². The van der Waals surface area contributed by atoms with Crippen LogP contribution in [0.2, 0.25) is 0 Å². The van der Waals surface area contributed by atoms with Gasteiger partial charge in [0.25, 0.3) is 8.53 Å². The highest BCUT2D eigenvalue weighted by molar-refractivity contribution is 7.42. The first-order chi connectivity index (χ1) is 3.27. The van der Waals surface area contributed by atoms with Gasteiger partial charge >= 0.3 is 0 Å². The summed E-state index contributed by atoms with van der Waals surface area (Å²) in [6.45, 7) is -0.0152. The van der Waals surface area contributed by atoms with Gasteiger partial charge in [-0.1, -0.05) is 0 Å². The highest BCUT2D eigenvalue weighted by Crippen LogP contribution is 2.13. The van der Waals surface area contributed by atoms with Crippen molar-refractivity contribution < 1.29 is 9.79 Å². The van der Waals surface area contributed by atoms with Gasteiger partial charge in [-0.3, -0.25) is 0 Å². The Labute approximate surface area is 42.4 Å². The van der Waals surface area contributed by atoms with Gasteiger partial charge in [0.2, 0.25) is 0 Å². The van der Waals surface area contributed by atoms with E-state index in [1.54, 1.807) is 6.07 Å². The summed E-state index contributed by atoms with van der Waals surface area (Å²) in [6.07, 6.45) is 0. The number of hydrogen-bond acceptors (Lipinski definition) is 4. The second-order valence-electron chi connectivity index (χ2n) is 0.782. The highest BCUT2D eigenvalue weighted by atomic mass is 31.2. The van der Waals surface area contributed by atoms with Crippen LogP contribution in [0.15, 0.2) is 0 Å². The molecule has 0 aromatic rings. The van der Waals surface area contributed by atoms with Gasteiger partial charge in [0.05, 0.1) is 12.6 Å². The van der Waals surface area contributed by atoms with E-state index in [4.69, 9.17) is 15.0 Å². The average Bonchev–Trinajstić information content (AvgIpc) is 1.61. The van der Waals surface area contributed by atoms with E-state index in [0.717, 1.165) is 0 Å². The summed E-state index contributed by atoms with van der Waals surface area (Å²) in [6, 6.07) is 1.68. The molecule has 0 aliphatic carbocycles. The molecule has 5 heteroatoms. The molecule has 4 nitrogen and oxygen atoms in total. The molecule has 0 atom stereocenters. The first-order valence-electron chi connectivity index (χ1n) is 1.55. The minimum atomic E-state index is -2.08. The zero-order valence-electron chi connectivity index (χ0n) is 3.50. The lowest BCUT2D eigenvalue weighted by Crippen LogP contribution is -2.04. The van der Waals surface area contributed by atoms with Gasteiger partial charge in [-0.25, -0.2) is 5.09 Å². The van der Waals surface area contributed by atoms with Gasteiger partial charge in [0.15, 0.2) is 0 Å². The molecule has 0 aromatic carbocycles. The normalized spacial score (nSPS) is 8.86. The standard InChI is InChI=1S/C2H5N2O2P/c3-1-2-4-7(5)6/h4-6H,2H2. The van der Waals surface area contributed by atoms with Crippen molar-refractivity contribution in [1.82, 2.24) is 5.09 Å². The maximum atomic E-state index is 8.04. The van der Waals surface area contributed by atoms with Gasteiger partial charge in [-0.15, -0.1) is 0 Å². The fraction of sp³-hybridized carbons (Fsp3) is 0.500. The van der Waals surface area contributed by atoms with Crippen molar-refractivity contribution in [2.45, 2.75) is 0 Å². The average molecular weight is 120 g/mol. The molecule has 0 rings (SSSR count). The van der Waals surface area contributed by atoms with Crippen molar-refractivity contribution in [3.05, 3.63) is 0 Å². The molecule has 0 spiro atoms. The molecule has 0 aliphatic rings. The fourth-order valence-corrected chi connectivity index (χ4v) is 0.318. The van der Waals surface area contributed by atoms with Gasteiger partial charge in [0, 0.05) is 0 Å². The van der Waals surface area contributed by atoms with Crippen LogP contribution in [0.25, 0.3) is 0 Å². The summed E-state index contributed by atoms with van der Waals surface area (Å²) in [5.41, 5.74) is 0. The molecule has 0 heterocycles. The van der Waals surface area contributed by atoms with Crippen LogP contribution in [0.5, 0.6) is 0 Å². The maximum absolute atomic E-state index is 8.04. The van der Waals surface area contributed by atoms with Crippen molar-refractivity contribution >= 4 is 8.53 Å². The second kappa shape index (κ2) is 3.97. The lowest BCUT2D eigenvalue weighted by molar-refractivity contribution is 0.469. The monoisotopic (exact) mass is 120 g/mol. The molecule has 0 amide bonds. The topological polar surface area (TPSA) is 76.3 Å². The second-order valence-corrected chi connectivity index (χ2v) is 1.68. The Bertz CT molecular complexity index is 78.2. The first-order valence-corrected chi connectivity index (χ1v) is 2.80. The molecule has 0 unspecified atom stereocenters. The maximum Gasteiger partial charge on any atom is 0.251 e. The molecule has 0 aliphatic heterocycles. The molecule has 0 radical (unpaired) electrons. The largest absolute Gasteiger partial charge is 0.338 e. The number of nitrogens with zero attached hydrogens (tertiary/aromatic N) is 1. The van der Waals surface area contributed by atoms with E-state index >= 15 is 0 Å². The molecular weight excluding hydrogens is 115 g/mol. The van der Waals surface area contributed by atoms with E-state index in [-0.39, 0.29) is 6.54 Å². The van der Waals surface area contributed by atoms with Gasteiger partial charge in [-0.05, 0) is 0 Å². The number of nitriles is 1. The van der Waals surface area contributed by atoms with Crippen LogP contribution in [0.4, 0.5) is 0 Å². The first kappa shape index (κ1) is 6.80. The Kier molecular flexibility index (Phi) is 3.86. The smallest absolute Gasteiger partial charge is 0.251 e. The number of rotatable bonds is 2. The fourth-order valence-electron chi connectivity index (χ4n) is 0.106. The molecule has 0 fully saturated rings. The Morgan fingerprint density at radius 3 is 2.43 bits per heavy atom. The third-order valence-corrected chi connectivity index (χ3v) is 0.740. The minimum Gasteiger partial charge on any atom is -0.338 e. The number of nitrogens with one attached hydrogen (secondary N) is 1. The molecule has 0 aromatic heterocycles. The van der Waals surface area contributed by atoms with E-state index in [2.05, 4.69) is 5.09 Å². The predicted molar refractivity (Wildman–Crippen MR) is 25.0 cm³/mol. The highest BCUT2D eigenvalue weighted by Gasteiger charge is 1.91. The van der Waals surface area contributed by atoms with Crippen LogP contribution in [0.3, 0.4) is 0 Å². The third kappa shape index (κ3) is 5.80. The van der Waals surface area contributed by atoms with Crippen molar-refractivity contribution in [3.63, 3.8) is 0 Å². The van der Waals surface area contributed by atoms with Gasteiger partial charge in [-0.2, -0.15) is 5.26 Å². The lowest BCUT2D eigenvalue weighted by atomic mass is 10.8. The zero-order chi connectivity index (χ0) is 5.70. The van der Waals surface area contributed by atoms with Crippen molar-refractivity contribution in [1.29, 1.82) is 5.26 Å². The summed E-state index contributed by atoms with van der Waals surface area (Å²) in [5.74, 6) is 0. The molecule has 3 N–H and O–H groups in total.